The first-order valence-corrected chi connectivity index (χ1v) is 7.59. The first-order chi connectivity index (χ1) is 11.5. The Hall–Kier alpha value is -2.16. The number of amides is 1. The average molecular weight is 456 g/mol. The molecule has 0 aromatic heterocycles. The van der Waals surface area contributed by atoms with E-state index in [1.165, 1.54) is 24.3 Å². The molecule has 0 fully saturated rings. The molecule has 0 spiro atoms. The second kappa shape index (κ2) is 10.7. The van der Waals surface area contributed by atoms with E-state index in [1.54, 1.807) is 0 Å². The second-order valence-corrected chi connectivity index (χ2v) is 5.43. The van der Waals surface area contributed by atoms with E-state index in [0.29, 0.717) is 18.2 Å². The number of anilines is 1. The van der Waals surface area contributed by atoms with Gasteiger partial charge in [-0.25, -0.2) is 9.38 Å². The number of carbonyl (C=O) groups excluding carboxylic acids is 1. The lowest BCUT2D eigenvalue weighted by molar-refractivity contribution is -0.115. The molecule has 0 atom stereocenters. The van der Waals surface area contributed by atoms with Crippen molar-refractivity contribution in [1.29, 1.82) is 0 Å². The molecule has 25 heavy (non-hydrogen) atoms. The van der Waals surface area contributed by atoms with Gasteiger partial charge < -0.3 is 15.5 Å². The van der Waals surface area contributed by atoms with Crippen molar-refractivity contribution in [3.05, 3.63) is 66.0 Å². The number of benzene rings is 2. The summed E-state index contributed by atoms with van der Waals surface area (Å²) < 4.78 is 12.8. The lowest BCUT2D eigenvalue weighted by Gasteiger charge is -2.17. The quantitative estimate of drug-likeness (QED) is 0.413. The van der Waals surface area contributed by atoms with E-state index in [1.807, 2.05) is 49.3 Å². The Balaban J connectivity index is 0.00000312. The summed E-state index contributed by atoms with van der Waals surface area (Å²) in [5, 5.41) is 5.71. The molecule has 2 N–H and O–H groups in total. The van der Waals surface area contributed by atoms with Crippen molar-refractivity contribution in [3.8, 4) is 0 Å². The lowest BCUT2D eigenvalue weighted by Crippen LogP contribution is -2.40. The zero-order valence-electron chi connectivity index (χ0n) is 14.2. The van der Waals surface area contributed by atoms with E-state index in [0.717, 1.165) is 5.56 Å². The number of halogens is 2. The average Bonchev–Trinajstić information content (AvgIpc) is 2.57. The molecule has 134 valence electrons. The van der Waals surface area contributed by atoms with Crippen molar-refractivity contribution in [3.63, 3.8) is 0 Å². The van der Waals surface area contributed by atoms with Crippen LogP contribution in [0.5, 0.6) is 0 Å². The molecule has 0 unspecified atom stereocenters. The summed E-state index contributed by atoms with van der Waals surface area (Å²) in [6, 6.07) is 15.5. The molecular formula is C18H22FIN4O. The van der Waals surface area contributed by atoms with Gasteiger partial charge in [0.15, 0.2) is 5.96 Å². The Morgan fingerprint density at radius 2 is 1.72 bits per heavy atom. The molecule has 0 aliphatic carbocycles. The molecule has 2 aromatic rings. The minimum atomic E-state index is -0.339. The monoisotopic (exact) mass is 456 g/mol. The highest BCUT2D eigenvalue weighted by Gasteiger charge is 2.06. The van der Waals surface area contributed by atoms with Gasteiger partial charge >= 0.3 is 0 Å². The number of aliphatic imine (C=N–C) groups is 1. The fraction of sp³-hybridized carbons (Fsp3) is 0.222. The van der Waals surface area contributed by atoms with Crippen LogP contribution in [0.25, 0.3) is 0 Å². The van der Waals surface area contributed by atoms with Crippen LogP contribution in [-0.4, -0.2) is 37.4 Å². The maximum Gasteiger partial charge on any atom is 0.243 e. The van der Waals surface area contributed by atoms with Gasteiger partial charge in [-0.2, -0.15) is 0 Å². The summed E-state index contributed by atoms with van der Waals surface area (Å²) >= 11 is 0. The normalized spacial score (nSPS) is 10.6. The van der Waals surface area contributed by atoms with Gasteiger partial charge in [-0.1, -0.05) is 30.3 Å². The number of guanidine groups is 1. The van der Waals surface area contributed by atoms with Crippen molar-refractivity contribution in [2.75, 3.05) is 26.0 Å². The van der Waals surface area contributed by atoms with Crippen LogP contribution in [0.15, 0.2) is 59.6 Å². The third kappa shape index (κ3) is 7.51. The van der Waals surface area contributed by atoms with Crippen LogP contribution < -0.4 is 10.6 Å². The van der Waals surface area contributed by atoms with Crippen LogP contribution >= 0.6 is 24.0 Å². The smallest absolute Gasteiger partial charge is 0.243 e. The first kappa shape index (κ1) is 20.9. The zero-order chi connectivity index (χ0) is 17.4. The van der Waals surface area contributed by atoms with Crippen molar-refractivity contribution in [2.45, 2.75) is 6.54 Å². The molecule has 0 heterocycles. The van der Waals surface area contributed by atoms with Gasteiger partial charge in [0, 0.05) is 19.8 Å². The van der Waals surface area contributed by atoms with Crippen LogP contribution in [0.4, 0.5) is 10.1 Å². The molecular weight excluding hydrogens is 434 g/mol. The number of nitrogens with zero attached hydrogens (tertiary/aromatic N) is 2. The first-order valence-electron chi connectivity index (χ1n) is 7.59. The standard InChI is InChI=1S/C18H21FN4O.HI/c1-23(2)18(20-12-14-6-4-3-5-7-14)21-13-17(24)22-16-10-8-15(19)9-11-16;/h3-11H,12-13H2,1-2H3,(H,20,21)(H,22,24);1H. The van der Waals surface area contributed by atoms with Gasteiger partial charge in [0.25, 0.3) is 0 Å². The van der Waals surface area contributed by atoms with Gasteiger partial charge in [-0.15, -0.1) is 24.0 Å². The molecule has 0 radical (unpaired) electrons. The van der Waals surface area contributed by atoms with Gasteiger partial charge in [-0.05, 0) is 29.8 Å². The lowest BCUT2D eigenvalue weighted by atomic mass is 10.2. The number of hydrogen-bond acceptors (Lipinski definition) is 2. The fourth-order valence-electron chi connectivity index (χ4n) is 2.00. The maximum atomic E-state index is 12.8. The van der Waals surface area contributed by atoms with Crippen LogP contribution in [0.3, 0.4) is 0 Å². The fourth-order valence-corrected chi connectivity index (χ4v) is 2.00. The van der Waals surface area contributed by atoms with E-state index < -0.39 is 0 Å². The van der Waals surface area contributed by atoms with Crippen LogP contribution in [-0.2, 0) is 11.3 Å². The predicted molar refractivity (Wildman–Crippen MR) is 110 cm³/mol. The summed E-state index contributed by atoms with van der Waals surface area (Å²) in [4.78, 5) is 18.3. The minimum Gasteiger partial charge on any atom is -0.349 e. The van der Waals surface area contributed by atoms with Crippen LogP contribution in [0.2, 0.25) is 0 Å². The molecule has 1 amide bonds. The van der Waals surface area contributed by atoms with E-state index in [9.17, 15) is 9.18 Å². The second-order valence-electron chi connectivity index (χ2n) is 5.43. The highest BCUT2D eigenvalue weighted by Crippen LogP contribution is 2.07. The van der Waals surface area contributed by atoms with Gasteiger partial charge in [0.05, 0.1) is 13.1 Å². The Morgan fingerprint density at radius 1 is 1.08 bits per heavy atom. The van der Waals surface area contributed by atoms with Crippen molar-refractivity contribution < 1.29 is 9.18 Å². The van der Waals surface area contributed by atoms with E-state index in [2.05, 4.69) is 15.6 Å². The molecule has 0 aliphatic heterocycles. The highest BCUT2D eigenvalue weighted by molar-refractivity contribution is 14.0. The Kier molecular flexibility index (Phi) is 8.90. The summed E-state index contributed by atoms with van der Waals surface area (Å²) in [6.45, 7) is 0.601. The molecule has 2 rings (SSSR count). The van der Waals surface area contributed by atoms with Crippen molar-refractivity contribution in [2.24, 2.45) is 4.99 Å². The van der Waals surface area contributed by atoms with Crippen LogP contribution in [0.1, 0.15) is 5.56 Å². The Labute approximate surface area is 164 Å². The van der Waals surface area contributed by atoms with Gasteiger partial charge in [0.2, 0.25) is 5.91 Å². The summed E-state index contributed by atoms with van der Waals surface area (Å²) in [5.41, 5.74) is 1.64. The summed E-state index contributed by atoms with van der Waals surface area (Å²) in [7, 11) is 3.71. The number of carbonyl (C=O) groups is 1. The molecule has 7 heteroatoms. The molecule has 0 saturated heterocycles. The molecule has 5 nitrogen and oxygen atoms in total. The third-order valence-electron chi connectivity index (χ3n) is 3.21. The largest absolute Gasteiger partial charge is 0.349 e. The number of hydrogen-bond donors (Lipinski definition) is 2. The minimum absolute atomic E-state index is 0. The molecule has 0 saturated carbocycles. The SMILES string of the molecule is CN(C)C(=NCc1ccccc1)NCC(=O)Nc1ccc(F)cc1.I. The summed E-state index contributed by atoms with van der Waals surface area (Å²) in [5.74, 6) is 0.0537. The molecule has 2 aromatic carbocycles. The molecule has 0 aliphatic rings. The zero-order valence-corrected chi connectivity index (χ0v) is 16.5. The van der Waals surface area contributed by atoms with E-state index in [-0.39, 0.29) is 42.2 Å². The van der Waals surface area contributed by atoms with Crippen LogP contribution in [0, 0.1) is 5.82 Å². The number of nitrogens with one attached hydrogen (secondary N) is 2. The third-order valence-corrected chi connectivity index (χ3v) is 3.21. The maximum absolute atomic E-state index is 12.8. The Morgan fingerprint density at radius 3 is 2.32 bits per heavy atom. The number of rotatable bonds is 5. The van der Waals surface area contributed by atoms with Gasteiger partial charge in [-0.3, -0.25) is 4.79 Å². The Bertz CT molecular complexity index is 690. The van der Waals surface area contributed by atoms with E-state index >= 15 is 0 Å². The van der Waals surface area contributed by atoms with Crippen molar-refractivity contribution in [1.82, 2.24) is 10.2 Å². The topological polar surface area (TPSA) is 56.7 Å². The van der Waals surface area contributed by atoms with E-state index in [4.69, 9.17) is 0 Å². The molecule has 0 bridgehead atoms. The van der Waals surface area contributed by atoms with Gasteiger partial charge in [0.1, 0.15) is 5.82 Å². The predicted octanol–water partition coefficient (Wildman–Crippen LogP) is 3.09. The summed E-state index contributed by atoms with van der Waals surface area (Å²) in [6.07, 6.45) is 0. The highest BCUT2D eigenvalue weighted by atomic mass is 127. The van der Waals surface area contributed by atoms with Crippen molar-refractivity contribution >= 4 is 41.5 Å².